The number of aromatic nitrogens is 4. The number of nitrogens with one attached hydrogen (secondary N) is 2. The first-order chi connectivity index (χ1) is 12.0. The summed E-state index contributed by atoms with van der Waals surface area (Å²) < 4.78 is 3.75. The van der Waals surface area contributed by atoms with Crippen LogP contribution in [0.25, 0.3) is 0 Å². The lowest BCUT2D eigenvalue weighted by Gasteiger charge is -2.07. The fourth-order valence-corrected chi connectivity index (χ4v) is 2.73. The molecular weight excluding hydrogens is 332 g/mol. The van der Waals surface area contributed by atoms with Crippen molar-refractivity contribution in [2.45, 2.75) is 26.9 Å². The predicted octanol–water partition coefficient (Wildman–Crippen LogP) is 2.77. The van der Waals surface area contributed by atoms with Gasteiger partial charge in [-0.25, -0.2) is 0 Å². The second-order valence-electron chi connectivity index (χ2n) is 6.06. The average molecular weight is 354 g/mol. The van der Waals surface area contributed by atoms with Crippen molar-refractivity contribution in [3.8, 4) is 0 Å². The molecule has 3 aromatic rings. The Balaban J connectivity index is 1.54. The zero-order valence-electron chi connectivity index (χ0n) is 14.7. The Kier molecular flexibility index (Phi) is 5.14. The van der Waals surface area contributed by atoms with Crippen LogP contribution in [0, 0.1) is 13.8 Å². The topological polar surface area (TPSA) is 59.7 Å². The van der Waals surface area contributed by atoms with Crippen LogP contribution in [0.1, 0.15) is 22.5 Å². The molecule has 0 saturated carbocycles. The monoisotopic (exact) mass is 354 g/mol. The highest BCUT2D eigenvalue weighted by molar-refractivity contribution is 7.80. The Hall–Kier alpha value is -2.67. The van der Waals surface area contributed by atoms with Crippen molar-refractivity contribution in [3.05, 3.63) is 65.2 Å². The molecule has 0 spiro atoms. The van der Waals surface area contributed by atoms with Crippen molar-refractivity contribution >= 4 is 23.0 Å². The van der Waals surface area contributed by atoms with Crippen molar-refractivity contribution in [2.75, 3.05) is 5.32 Å². The lowest BCUT2D eigenvalue weighted by atomic mass is 10.1. The van der Waals surface area contributed by atoms with E-state index in [4.69, 9.17) is 12.2 Å². The second-order valence-corrected chi connectivity index (χ2v) is 6.47. The molecule has 0 aliphatic heterocycles. The lowest BCUT2D eigenvalue weighted by molar-refractivity contribution is 0.684. The molecular formula is C18H22N6S. The molecule has 0 fully saturated rings. The fourth-order valence-electron chi connectivity index (χ4n) is 2.54. The van der Waals surface area contributed by atoms with Gasteiger partial charge in [-0.3, -0.25) is 9.36 Å². The lowest BCUT2D eigenvalue weighted by Crippen LogP contribution is -2.27. The van der Waals surface area contributed by atoms with E-state index in [9.17, 15) is 0 Å². The molecule has 3 rings (SSSR count). The minimum Gasteiger partial charge on any atom is -0.357 e. The van der Waals surface area contributed by atoms with Gasteiger partial charge in [0.15, 0.2) is 5.11 Å². The highest BCUT2D eigenvalue weighted by Gasteiger charge is 2.05. The molecule has 0 saturated heterocycles. The largest absolute Gasteiger partial charge is 0.357 e. The maximum Gasteiger partial charge on any atom is 0.171 e. The third-order valence-corrected chi connectivity index (χ3v) is 4.33. The SMILES string of the molecule is Cc1ccccc1Cn1cc(NC(=S)NCc2cc(C)n(C)n2)cn1. The number of rotatable bonds is 5. The predicted molar refractivity (Wildman–Crippen MR) is 104 cm³/mol. The molecule has 0 aliphatic rings. The normalized spacial score (nSPS) is 10.7. The summed E-state index contributed by atoms with van der Waals surface area (Å²) >= 11 is 5.34. The van der Waals surface area contributed by atoms with Crippen molar-refractivity contribution in [3.63, 3.8) is 0 Å². The summed E-state index contributed by atoms with van der Waals surface area (Å²) in [5.41, 5.74) is 5.45. The van der Waals surface area contributed by atoms with Crippen molar-refractivity contribution in [1.29, 1.82) is 0 Å². The van der Waals surface area contributed by atoms with Gasteiger partial charge in [0.05, 0.1) is 30.7 Å². The molecule has 0 radical (unpaired) electrons. The van der Waals surface area contributed by atoms with Crippen molar-refractivity contribution in [2.24, 2.45) is 7.05 Å². The second kappa shape index (κ2) is 7.48. The summed E-state index contributed by atoms with van der Waals surface area (Å²) in [5, 5.41) is 15.7. The van der Waals surface area contributed by atoms with E-state index in [0.29, 0.717) is 11.7 Å². The molecule has 130 valence electrons. The van der Waals surface area contributed by atoms with Crippen LogP contribution in [0.3, 0.4) is 0 Å². The summed E-state index contributed by atoms with van der Waals surface area (Å²) in [7, 11) is 1.93. The summed E-state index contributed by atoms with van der Waals surface area (Å²) in [5.74, 6) is 0. The van der Waals surface area contributed by atoms with Crippen LogP contribution in [-0.2, 0) is 20.1 Å². The standard InChI is InChI=1S/C18H22N6S/c1-13-6-4-5-7-15(13)11-24-12-17(10-20-24)21-18(25)19-9-16-8-14(2)23(3)22-16/h4-8,10,12H,9,11H2,1-3H3,(H2,19,21,25). The number of thiocarbonyl (C=S) groups is 1. The third kappa shape index (κ3) is 4.45. The van der Waals surface area contributed by atoms with E-state index >= 15 is 0 Å². The minimum atomic E-state index is 0.554. The number of aryl methyl sites for hydroxylation is 3. The summed E-state index contributed by atoms with van der Waals surface area (Å²) in [6.07, 6.45) is 3.72. The molecule has 2 heterocycles. The molecule has 0 aliphatic carbocycles. The molecule has 1 aromatic carbocycles. The van der Waals surface area contributed by atoms with Crippen LogP contribution in [0.4, 0.5) is 5.69 Å². The van der Waals surface area contributed by atoms with E-state index in [1.165, 1.54) is 11.1 Å². The number of hydrogen-bond donors (Lipinski definition) is 2. The van der Waals surface area contributed by atoms with Crippen LogP contribution in [-0.4, -0.2) is 24.7 Å². The highest BCUT2D eigenvalue weighted by Crippen LogP contribution is 2.11. The molecule has 0 atom stereocenters. The van der Waals surface area contributed by atoms with E-state index < -0.39 is 0 Å². The van der Waals surface area contributed by atoms with E-state index in [-0.39, 0.29) is 0 Å². The van der Waals surface area contributed by atoms with Gasteiger partial charge in [-0.15, -0.1) is 0 Å². The van der Waals surface area contributed by atoms with Gasteiger partial charge < -0.3 is 10.6 Å². The van der Waals surface area contributed by atoms with Crippen LogP contribution in [0.2, 0.25) is 0 Å². The smallest absolute Gasteiger partial charge is 0.171 e. The maximum atomic E-state index is 5.34. The van der Waals surface area contributed by atoms with Gasteiger partial charge in [0.2, 0.25) is 0 Å². The Labute approximate surface area is 152 Å². The molecule has 0 bridgehead atoms. The van der Waals surface area contributed by atoms with Crippen LogP contribution in [0.15, 0.2) is 42.7 Å². The number of nitrogens with zero attached hydrogens (tertiary/aromatic N) is 4. The minimum absolute atomic E-state index is 0.554. The van der Waals surface area contributed by atoms with Gasteiger partial charge >= 0.3 is 0 Å². The van der Waals surface area contributed by atoms with Crippen LogP contribution >= 0.6 is 12.2 Å². The fraction of sp³-hybridized carbons (Fsp3) is 0.278. The van der Waals surface area contributed by atoms with Crippen molar-refractivity contribution in [1.82, 2.24) is 24.9 Å². The summed E-state index contributed by atoms with van der Waals surface area (Å²) in [6, 6.07) is 10.4. The molecule has 2 aromatic heterocycles. The molecule has 25 heavy (non-hydrogen) atoms. The first-order valence-electron chi connectivity index (χ1n) is 8.12. The first kappa shape index (κ1) is 17.2. The van der Waals surface area contributed by atoms with Gasteiger partial charge in [0.25, 0.3) is 0 Å². The van der Waals surface area contributed by atoms with Crippen molar-refractivity contribution < 1.29 is 0 Å². The van der Waals surface area contributed by atoms with E-state index in [0.717, 1.165) is 23.6 Å². The summed E-state index contributed by atoms with van der Waals surface area (Å²) in [4.78, 5) is 0. The number of hydrogen-bond acceptors (Lipinski definition) is 3. The number of benzene rings is 1. The van der Waals surface area contributed by atoms with Gasteiger partial charge in [-0.2, -0.15) is 10.2 Å². The van der Waals surface area contributed by atoms with Crippen LogP contribution < -0.4 is 10.6 Å². The highest BCUT2D eigenvalue weighted by atomic mass is 32.1. The molecule has 2 N–H and O–H groups in total. The molecule has 6 nitrogen and oxygen atoms in total. The van der Waals surface area contributed by atoms with E-state index in [1.807, 2.05) is 47.7 Å². The molecule has 0 amide bonds. The first-order valence-corrected chi connectivity index (χ1v) is 8.53. The Morgan fingerprint density at radius 3 is 2.76 bits per heavy atom. The van der Waals surface area contributed by atoms with Gasteiger partial charge in [-0.1, -0.05) is 24.3 Å². The number of anilines is 1. The Morgan fingerprint density at radius 1 is 1.24 bits per heavy atom. The molecule has 0 unspecified atom stereocenters. The van der Waals surface area contributed by atoms with Crippen LogP contribution in [0.5, 0.6) is 0 Å². The zero-order valence-corrected chi connectivity index (χ0v) is 15.5. The Morgan fingerprint density at radius 2 is 2.04 bits per heavy atom. The third-order valence-electron chi connectivity index (χ3n) is 4.08. The van der Waals surface area contributed by atoms with Gasteiger partial charge in [0, 0.05) is 18.9 Å². The van der Waals surface area contributed by atoms with E-state index in [2.05, 4.69) is 39.9 Å². The Bertz CT molecular complexity index is 860. The quantitative estimate of drug-likeness (QED) is 0.690. The zero-order chi connectivity index (χ0) is 17.8. The van der Waals surface area contributed by atoms with E-state index in [1.54, 1.807) is 6.20 Å². The molecule has 7 heteroatoms. The maximum absolute atomic E-state index is 5.34. The van der Waals surface area contributed by atoms with Gasteiger partial charge in [0.1, 0.15) is 0 Å². The average Bonchev–Trinajstić information content (AvgIpc) is 3.14. The van der Waals surface area contributed by atoms with Gasteiger partial charge in [-0.05, 0) is 43.3 Å². The summed E-state index contributed by atoms with van der Waals surface area (Å²) in [6.45, 7) is 5.46.